The number of carbonyl (C=O) groups excluding carboxylic acids is 1. The van der Waals surface area contributed by atoms with Gasteiger partial charge in [-0.15, -0.1) is 0 Å². The van der Waals surface area contributed by atoms with Crippen LogP contribution in [-0.2, 0) is 0 Å². The van der Waals surface area contributed by atoms with E-state index in [9.17, 15) is 13.6 Å². The number of ether oxygens (including phenoxy) is 1. The summed E-state index contributed by atoms with van der Waals surface area (Å²) in [6.07, 6.45) is 1.25. The summed E-state index contributed by atoms with van der Waals surface area (Å²) in [5.41, 5.74) is 0.822. The Morgan fingerprint density at radius 3 is 2.91 bits per heavy atom. The molecule has 0 fully saturated rings. The molecule has 1 aromatic carbocycles. The van der Waals surface area contributed by atoms with Gasteiger partial charge in [0.15, 0.2) is 0 Å². The number of nitrogens with one attached hydrogen (secondary N) is 2. The highest BCUT2D eigenvalue weighted by atomic mass is 19.3. The summed E-state index contributed by atoms with van der Waals surface area (Å²) in [6.45, 7) is -1.01. The highest BCUT2D eigenvalue weighted by Crippen LogP contribution is 2.27. The molecule has 0 radical (unpaired) electrons. The zero-order valence-corrected chi connectivity index (χ0v) is 12.1. The summed E-state index contributed by atoms with van der Waals surface area (Å²) in [5.74, 6) is -0.305. The largest absolute Gasteiger partial charge is 0.434 e. The van der Waals surface area contributed by atoms with Crippen molar-refractivity contribution >= 4 is 16.8 Å². The van der Waals surface area contributed by atoms with Crippen molar-refractivity contribution in [3.05, 3.63) is 30.0 Å². The second kappa shape index (κ2) is 7.22. The van der Waals surface area contributed by atoms with Crippen LogP contribution in [-0.4, -0.2) is 35.3 Å². The minimum absolute atomic E-state index is 0.0242. The molecule has 1 aromatic heterocycles. The highest BCUT2D eigenvalue weighted by Gasteiger charge is 2.15. The summed E-state index contributed by atoms with van der Waals surface area (Å²) >= 11 is 0. The van der Waals surface area contributed by atoms with E-state index in [-0.39, 0.29) is 30.0 Å². The Morgan fingerprint density at radius 1 is 1.45 bits per heavy atom. The normalized spacial score (nSPS) is 12.6. The first-order chi connectivity index (χ1) is 10.5. The number of alkyl halides is 2. The molecule has 120 valence electrons. The van der Waals surface area contributed by atoms with Crippen molar-refractivity contribution in [3.63, 3.8) is 0 Å². The number of hydrogen-bond donors (Lipinski definition) is 3. The summed E-state index contributed by atoms with van der Waals surface area (Å²) in [4.78, 5) is 15.0. The van der Waals surface area contributed by atoms with Gasteiger partial charge in [-0.3, -0.25) is 4.79 Å². The Kier molecular flexibility index (Phi) is 5.32. The maximum absolute atomic E-state index is 12.4. The van der Waals surface area contributed by atoms with Crippen LogP contribution in [0.2, 0.25) is 0 Å². The zero-order chi connectivity index (χ0) is 16.1. The van der Waals surface area contributed by atoms with Crippen LogP contribution in [0.3, 0.4) is 0 Å². The van der Waals surface area contributed by atoms with Gasteiger partial charge in [0.05, 0.1) is 0 Å². The van der Waals surface area contributed by atoms with Crippen molar-refractivity contribution in [1.82, 2.24) is 10.3 Å². The second-order valence-electron chi connectivity index (χ2n) is 5.02. The molecule has 1 unspecified atom stereocenters. The molecule has 0 spiro atoms. The van der Waals surface area contributed by atoms with Crippen LogP contribution in [0.5, 0.6) is 5.75 Å². The van der Waals surface area contributed by atoms with E-state index < -0.39 is 6.61 Å². The van der Waals surface area contributed by atoms with Crippen molar-refractivity contribution < 1.29 is 23.4 Å². The van der Waals surface area contributed by atoms with Crippen LogP contribution in [0.25, 0.3) is 10.9 Å². The maximum Gasteiger partial charge on any atom is 0.387 e. The Hall–Kier alpha value is -2.15. The number of benzene rings is 1. The van der Waals surface area contributed by atoms with E-state index >= 15 is 0 Å². The van der Waals surface area contributed by atoms with E-state index in [1.807, 2.05) is 6.92 Å². The van der Waals surface area contributed by atoms with E-state index in [2.05, 4.69) is 15.0 Å². The fourth-order valence-corrected chi connectivity index (χ4v) is 2.22. The molecule has 0 aliphatic heterocycles. The molecule has 0 saturated heterocycles. The molecular weight excluding hydrogens is 294 g/mol. The fraction of sp³-hybridized carbons (Fsp3) is 0.400. The van der Waals surface area contributed by atoms with E-state index in [1.165, 1.54) is 12.1 Å². The first kappa shape index (κ1) is 16.2. The van der Waals surface area contributed by atoms with Gasteiger partial charge in [0.25, 0.3) is 5.91 Å². The summed E-state index contributed by atoms with van der Waals surface area (Å²) in [6, 6.07) is 6.07. The van der Waals surface area contributed by atoms with Crippen molar-refractivity contribution in [2.75, 3.05) is 6.61 Å². The molecule has 22 heavy (non-hydrogen) atoms. The number of carbonyl (C=O) groups is 1. The Morgan fingerprint density at radius 2 is 2.23 bits per heavy atom. The maximum atomic E-state index is 12.4. The zero-order valence-electron chi connectivity index (χ0n) is 12.1. The van der Waals surface area contributed by atoms with Gasteiger partial charge in [-0.2, -0.15) is 8.78 Å². The third-order valence-electron chi connectivity index (χ3n) is 3.26. The fourth-order valence-electron chi connectivity index (χ4n) is 2.22. The van der Waals surface area contributed by atoms with Crippen molar-refractivity contribution in [2.24, 2.45) is 0 Å². The molecule has 0 aliphatic rings. The van der Waals surface area contributed by atoms with Crippen LogP contribution in [0.4, 0.5) is 8.78 Å². The highest BCUT2D eigenvalue weighted by molar-refractivity contribution is 5.99. The number of amides is 1. The van der Waals surface area contributed by atoms with Gasteiger partial charge < -0.3 is 20.1 Å². The molecule has 7 heteroatoms. The van der Waals surface area contributed by atoms with E-state index in [0.717, 1.165) is 0 Å². The molecule has 1 atom stereocenters. The first-order valence-corrected chi connectivity index (χ1v) is 6.99. The smallest absolute Gasteiger partial charge is 0.387 e. The topological polar surface area (TPSA) is 74.3 Å². The lowest BCUT2D eigenvalue weighted by Gasteiger charge is -2.12. The number of aromatic amines is 1. The lowest BCUT2D eigenvalue weighted by Crippen LogP contribution is -2.32. The van der Waals surface area contributed by atoms with Crippen molar-refractivity contribution in [2.45, 2.75) is 32.4 Å². The summed E-state index contributed by atoms with van der Waals surface area (Å²) < 4.78 is 29.2. The molecule has 3 N–H and O–H groups in total. The van der Waals surface area contributed by atoms with Gasteiger partial charge in [0, 0.05) is 23.6 Å². The van der Waals surface area contributed by atoms with Gasteiger partial charge in [-0.1, -0.05) is 6.07 Å². The van der Waals surface area contributed by atoms with Gasteiger partial charge in [-0.25, -0.2) is 0 Å². The molecule has 0 bridgehead atoms. The number of fused-ring (bicyclic) bond motifs is 1. The number of rotatable bonds is 7. The average Bonchev–Trinajstić information content (AvgIpc) is 2.90. The number of aromatic nitrogens is 1. The lowest BCUT2D eigenvalue weighted by molar-refractivity contribution is -0.0487. The molecular formula is C15H18F2N2O3. The SMILES string of the molecule is CC(CCCO)NC(=O)c1cc2c(OC(F)F)cccc2[nH]1. The Bertz CT molecular complexity index is 643. The van der Waals surface area contributed by atoms with Crippen LogP contribution in [0.1, 0.15) is 30.3 Å². The number of halogens is 2. The predicted octanol–water partition coefficient (Wildman–Crippen LogP) is 2.66. The van der Waals surface area contributed by atoms with Crippen LogP contribution >= 0.6 is 0 Å². The number of aliphatic hydroxyl groups excluding tert-OH is 1. The van der Waals surface area contributed by atoms with Crippen LogP contribution in [0.15, 0.2) is 24.3 Å². The third-order valence-corrected chi connectivity index (χ3v) is 3.26. The second-order valence-corrected chi connectivity index (χ2v) is 5.02. The van der Waals surface area contributed by atoms with E-state index in [4.69, 9.17) is 5.11 Å². The summed E-state index contributed by atoms with van der Waals surface area (Å²) in [7, 11) is 0. The average molecular weight is 312 g/mol. The van der Waals surface area contributed by atoms with Gasteiger partial charge in [0.1, 0.15) is 11.4 Å². The Labute approximate surface area is 126 Å². The Balaban J connectivity index is 2.16. The van der Waals surface area contributed by atoms with Gasteiger partial charge in [-0.05, 0) is 38.0 Å². The molecule has 0 aliphatic carbocycles. The monoisotopic (exact) mass is 312 g/mol. The molecule has 2 rings (SSSR count). The predicted molar refractivity (Wildman–Crippen MR) is 78.2 cm³/mol. The lowest BCUT2D eigenvalue weighted by atomic mass is 10.2. The number of H-pyrrole nitrogens is 1. The molecule has 0 saturated carbocycles. The quantitative estimate of drug-likeness (QED) is 0.736. The number of hydrogen-bond acceptors (Lipinski definition) is 3. The number of aliphatic hydroxyl groups is 1. The van der Waals surface area contributed by atoms with Gasteiger partial charge in [0.2, 0.25) is 0 Å². The minimum atomic E-state index is -2.92. The third kappa shape index (κ3) is 3.94. The van der Waals surface area contributed by atoms with Crippen LogP contribution in [0, 0.1) is 0 Å². The van der Waals surface area contributed by atoms with E-state index in [1.54, 1.807) is 12.1 Å². The molecule has 2 aromatic rings. The molecule has 5 nitrogen and oxygen atoms in total. The van der Waals surface area contributed by atoms with Crippen molar-refractivity contribution in [1.29, 1.82) is 0 Å². The standard InChI is InChI=1S/C15H18F2N2O3/c1-9(4-3-7-20)18-14(21)12-8-10-11(19-12)5-2-6-13(10)22-15(16)17/h2,5-6,8-9,15,19-20H,3-4,7H2,1H3,(H,18,21). The molecule has 1 amide bonds. The minimum Gasteiger partial charge on any atom is -0.434 e. The van der Waals surface area contributed by atoms with Crippen LogP contribution < -0.4 is 10.1 Å². The molecule has 1 heterocycles. The first-order valence-electron chi connectivity index (χ1n) is 6.99. The summed E-state index contributed by atoms with van der Waals surface area (Å²) in [5, 5.41) is 12.0. The van der Waals surface area contributed by atoms with E-state index in [0.29, 0.717) is 23.7 Å². The van der Waals surface area contributed by atoms with Crippen molar-refractivity contribution in [3.8, 4) is 5.75 Å². The van der Waals surface area contributed by atoms with Gasteiger partial charge >= 0.3 is 6.61 Å².